The second-order valence-electron chi connectivity index (χ2n) is 5.55. The topological polar surface area (TPSA) is 35.5 Å². The van der Waals surface area contributed by atoms with Crippen molar-refractivity contribution in [2.45, 2.75) is 77.9 Å². The molecular formula is C14H23F3O3. The molecule has 0 aromatic rings. The Hall–Kier alpha value is -0.780. The standard InChI is InChI=1S/C14H23F3O3/c1-4-13(3,14(15,16)17)12(18)20-10(2)19-11-8-6-5-7-9-11/h10-11H,4-9H2,1-3H3. The highest BCUT2D eigenvalue weighted by molar-refractivity contribution is 5.77. The lowest BCUT2D eigenvalue weighted by Gasteiger charge is -2.31. The molecule has 0 amide bonds. The molecule has 1 rings (SSSR count). The second kappa shape index (κ2) is 6.78. The van der Waals surface area contributed by atoms with E-state index in [1.807, 2.05) is 0 Å². The SMILES string of the molecule is CCC(C)(C(=O)OC(C)OC1CCCCC1)C(F)(F)F. The largest absolute Gasteiger partial charge is 0.435 e. The third-order valence-electron chi connectivity index (χ3n) is 3.99. The van der Waals surface area contributed by atoms with Crippen LogP contribution in [0.3, 0.4) is 0 Å². The zero-order chi connectivity index (χ0) is 15.4. The first-order valence-electron chi connectivity index (χ1n) is 7.14. The van der Waals surface area contributed by atoms with Gasteiger partial charge in [0.05, 0.1) is 6.10 Å². The van der Waals surface area contributed by atoms with Gasteiger partial charge in [0.1, 0.15) is 0 Å². The fraction of sp³-hybridized carbons (Fsp3) is 0.929. The summed E-state index contributed by atoms with van der Waals surface area (Å²) in [5.41, 5.74) is -2.48. The first kappa shape index (κ1) is 17.3. The fourth-order valence-electron chi connectivity index (χ4n) is 2.24. The lowest BCUT2D eigenvalue weighted by atomic mass is 9.87. The Morgan fingerprint density at radius 1 is 1.25 bits per heavy atom. The highest BCUT2D eigenvalue weighted by Crippen LogP contribution is 2.42. The van der Waals surface area contributed by atoms with E-state index in [0.717, 1.165) is 39.0 Å². The van der Waals surface area contributed by atoms with Crippen LogP contribution in [0.25, 0.3) is 0 Å². The fourth-order valence-corrected chi connectivity index (χ4v) is 2.24. The number of rotatable bonds is 5. The molecular weight excluding hydrogens is 273 g/mol. The van der Waals surface area contributed by atoms with Gasteiger partial charge in [-0.1, -0.05) is 26.2 Å². The van der Waals surface area contributed by atoms with Crippen LogP contribution in [-0.2, 0) is 14.3 Å². The number of hydrogen-bond acceptors (Lipinski definition) is 3. The third kappa shape index (κ3) is 4.11. The maximum atomic E-state index is 12.9. The first-order valence-corrected chi connectivity index (χ1v) is 7.14. The van der Waals surface area contributed by atoms with E-state index >= 15 is 0 Å². The minimum Gasteiger partial charge on any atom is -0.435 e. The molecule has 0 heterocycles. The van der Waals surface area contributed by atoms with Crippen molar-refractivity contribution in [3.63, 3.8) is 0 Å². The van der Waals surface area contributed by atoms with Crippen LogP contribution in [0, 0.1) is 5.41 Å². The van der Waals surface area contributed by atoms with Gasteiger partial charge in [-0.25, -0.2) is 0 Å². The van der Waals surface area contributed by atoms with Gasteiger partial charge in [-0.2, -0.15) is 13.2 Å². The van der Waals surface area contributed by atoms with Gasteiger partial charge >= 0.3 is 12.1 Å². The Morgan fingerprint density at radius 3 is 2.25 bits per heavy atom. The zero-order valence-corrected chi connectivity index (χ0v) is 12.3. The van der Waals surface area contributed by atoms with E-state index < -0.39 is 23.9 Å². The van der Waals surface area contributed by atoms with E-state index in [2.05, 4.69) is 0 Å². The number of carbonyl (C=O) groups is 1. The molecule has 0 aliphatic heterocycles. The Kier molecular flexibility index (Phi) is 5.86. The van der Waals surface area contributed by atoms with Crippen LogP contribution in [0.4, 0.5) is 13.2 Å². The molecule has 0 aromatic heterocycles. The lowest BCUT2D eigenvalue weighted by molar-refractivity contribution is -0.246. The normalized spacial score (nSPS) is 22.1. The smallest absolute Gasteiger partial charge is 0.404 e. The monoisotopic (exact) mass is 296 g/mol. The van der Waals surface area contributed by atoms with Crippen molar-refractivity contribution in [2.24, 2.45) is 5.41 Å². The van der Waals surface area contributed by atoms with Gasteiger partial charge in [0, 0.05) is 0 Å². The summed E-state index contributed by atoms with van der Waals surface area (Å²) in [5, 5.41) is 0. The summed E-state index contributed by atoms with van der Waals surface area (Å²) in [7, 11) is 0. The summed E-state index contributed by atoms with van der Waals surface area (Å²) in [4.78, 5) is 11.8. The molecule has 0 bridgehead atoms. The zero-order valence-electron chi connectivity index (χ0n) is 12.3. The summed E-state index contributed by atoms with van der Waals surface area (Å²) in [6.45, 7) is 3.66. The number of carbonyl (C=O) groups excluding carboxylic acids is 1. The van der Waals surface area contributed by atoms with E-state index in [4.69, 9.17) is 9.47 Å². The van der Waals surface area contributed by atoms with Crippen LogP contribution in [-0.4, -0.2) is 24.5 Å². The Balaban J connectivity index is 2.55. The average molecular weight is 296 g/mol. The molecule has 6 heteroatoms. The summed E-state index contributed by atoms with van der Waals surface area (Å²) in [5.74, 6) is -1.27. The van der Waals surface area contributed by atoms with Gasteiger partial charge in [-0.3, -0.25) is 4.79 Å². The number of halogens is 3. The predicted octanol–water partition coefficient (Wildman–Crippen LogP) is 4.20. The van der Waals surface area contributed by atoms with Gasteiger partial charge in [-0.05, 0) is 33.1 Å². The first-order chi connectivity index (χ1) is 9.20. The molecule has 1 aliphatic carbocycles. The summed E-state index contributed by atoms with van der Waals surface area (Å²) >= 11 is 0. The van der Waals surface area contributed by atoms with Crippen molar-refractivity contribution in [1.29, 1.82) is 0 Å². The van der Waals surface area contributed by atoms with Gasteiger partial charge in [0.2, 0.25) is 0 Å². The van der Waals surface area contributed by atoms with E-state index in [0.29, 0.717) is 0 Å². The van der Waals surface area contributed by atoms with Gasteiger partial charge < -0.3 is 9.47 Å². The molecule has 118 valence electrons. The van der Waals surface area contributed by atoms with E-state index in [1.165, 1.54) is 13.8 Å². The number of hydrogen-bond donors (Lipinski definition) is 0. The minimum absolute atomic E-state index is 0.0229. The molecule has 3 nitrogen and oxygen atoms in total. The highest BCUT2D eigenvalue weighted by Gasteiger charge is 2.57. The number of alkyl halides is 3. The molecule has 0 spiro atoms. The average Bonchev–Trinajstić information content (AvgIpc) is 2.37. The lowest BCUT2D eigenvalue weighted by Crippen LogP contribution is -2.44. The van der Waals surface area contributed by atoms with Crippen molar-refractivity contribution < 1.29 is 27.4 Å². The molecule has 2 unspecified atom stereocenters. The molecule has 0 aromatic carbocycles. The quantitative estimate of drug-likeness (QED) is 0.563. The Bertz CT molecular complexity index is 324. The van der Waals surface area contributed by atoms with Gasteiger partial charge in [-0.15, -0.1) is 0 Å². The highest BCUT2D eigenvalue weighted by atomic mass is 19.4. The number of ether oxygens (including phenoxy) is 2. The predicted molar refractivity (Wildman–Crippen MR) is 68.0 cm³/mol. The molecule has 1 aliphatic rings. The summed E-state index contributed by atoms with van der Waals surface area (Å²) < 4.78 is 49.1. The third-order valence-corrected chi connectivity index (χ3v) is 3.99. The molecule has 0 N–H and O–H groups in total. The second-order valence-corrected chi connectivity index (χ2v) is 5.55. The Labute approximate surface area is 117 Å². The summed E-state index contributed by atoms with van der Waals surface area (Å²) in [6.07, 6.45) is -0.978. The van der Waals surface area contributed by atoms with Crippen LogP contribution >= 0.6 is 0 Å². The van der Waals surface area contributed by atoms with Crippen molar-refractivity contribution in [3.8, 4) is 0 Å². The van der Waals surface area contributed by atoms with Crippen LogP contribution in [0.1, 0.15) is 59.3 Å². The van der Waals surface area contributed by atoms with E-state index in [-0.39, 0.29) is 12.5 Å². The Morgan fingerprint density at radius 2 is 1.80 bits per heavy atom. The molecule has 20 heavy (non-hydrogen) atoms. The number of esters is 1. The van der Waals surface area contributed by atoms with Crippen LogP contribution in [0.15, 0.2) is 0 Å². The van der Waals surface area contributed by atoms with Crippen molar-refractivity contribution >= 4 is 5.97 Å². The van der Waals surface area contributed by atoms with Crippen molar-refractivity contribution in [1.82, 2.24) is 0 Å². The molecule has 2 atom stereocenters. The minimum atomic E-state index is -4.62. The van der Waals surface area contributed by atoms with Crippen molar-refractivity contribution in [2.75, 3.05) is 0 Å². The maximum Gasteiger partial charge on any atom is 0.404 e. The molecule has 0 saturated heterocycles. The van der Waals surface area contributed by atoms with Crippen LogP contribution in [0.2, 0.25) is 0 Å². The van der Waals surface area contributed by atoms with Gasteiger partial charge in [0.15, 0.2) is 11.7 Å². The molecule has 1 fully saturated rings. The van der Waals surface area contributed by atoms with Crippen LogP contribution in [0.5, 0.6) is 0 Å². The van der Waals surface area contributed by atoms with E-state index in [1.54, 1.807) is 0 Å². The summed E-state index contributed by atoms with van der Waals surface area (Å²) in [6, 6.07) is 0. The maximum absolute atomic E-state index is 12.9. The van der Waals surface area contributed by atoms with Crippen LogP contribution < -0.4 is 0 Å². The molecule has 0 radical (unpaired) electrons. The molecule has 1 saturated carbocycles. The van der Waals surface area contributed by atoms with E-state index in [9.17, 15) is 18.0 Å². The van der Waals surface area contributed by atoms with Gasteiger partial charge in [0.25, 0.3) is 0 Å². The van der Waals surface area contributed by atoms with Crippen molar-refractivity contribution in [3.05, 3.63) is 0 Å².